The number of fused-ring (bicyclic) bond motifs is 3. The fourth-order valence-electron chi connectivity index (χ4n) is 6.30. The van der Waals surface area contributed by atoms with Crippen molar-refractivity contribution in [3.63, 3.8) is 0 Å². The van der Waals surface area contributed by atoms with E-state index in [0.717, 1.165) is 74.0 Å². The van der Waals surface area contributed by atoms with E-state index in [1.807, 2.05) is 48.5 Å². The highest BCUT2D eigenvalue weighted by Gasteiger charge is 2.49. The number of hydrogen-bond donors (Lipinski definition) is 0. The maximum Gasteiger partial charge on any atom is 0.328 e. The number of quaternary nitrogens is 1. The first-order valence-electron chi connectivity index (χ1n) is 13.1. The summed E-state index contributed by atoms with van der Waals surface area (Å²) in [5, 5.41) is 0. The molecule has 6 rings (SSSR count). The van der Waals surface area contributed by atoms with E-state index in [0.29, 0.717) is 12.5 Å². The molecule has 0 amide bonds. The van der Waals surface area contributed by atoms with E-state index in [2.05, 4.69) is 17.0 Å². The summed E-state index contributed by atoms with van der Waals surface area (Å²) in [5.74, 6) is 0.494. The standard InChI is InChI=1S/C29H37N2O3/c32-26(23-11-5-3-6-12-23)21-31-19-15-24(16-20-31)27(22-31)34-29(33)28(25-13-7-4-8-14-25)30-17-9-1-2-10-18-30/h3-8,11-14,24,27-28H,1-2,9-10,15-22H2/q+1/t24?,27-,28?,31?/m0/s1. The molecule has 5 heteroatoms. The third kappa shape index (κ3) is 5.11. The minimum Gasteiger partial charge on any atom is -0.455 e. The van der Waals surface area contributed by atoms with Crippen LogP contribution in [0, 0.1) is 5.92 Å². The van der Waals surface area contributed by atoms with Crippen molar-refractivity contribution in [1.29, 1.82) is 0 Å². The Balaban J connectivity index is 1.31. The topological polar surface area (TPSA) is 46.6 Å². The van der Waals surface area contributed by atoms with Crippen LogP contribution in [-0.2, 0) is 9.53 Å². The molecule has 4 heterocycles. The SMILES string of the molecule is O=C(C[N+]12CCC(CC1)[C@@H](OC(=O)C(c1ccccc1)N1CCCCCC1)C2)c1ccccc1. The van der Waals surface area contributed by atoms with Crippen LogP contribution in [0.3, 0.4) is 0 Å². The number of benzene rings is 2. The lowest BCUT2D eigenvalue weighted by Crippen LogP contribution is -2.66. The van der Waals surface area contributed by atoms with Crippen LogP contribution in [0.15, 0.2) is 60.7 Å². The average Bonchev–Trinajstić information content (AvgIpc) is 3.15. The normalized spacial score (nSPS) is 28.1. The number of piperidine rings is 3. The summed E-state index contributed by atoms with van der Waals surface area (Å²) in [6, 6.07) is 19.4. The molecule has 2 bridgehead atoms. The highest BCUT2D eigenvalue weighted by molar-refractivity contribution is 5.97. The minimum absolute atomic E-state index is 0.100. The number of esters is 1. The highest BCUT2D eigenvalue weighted by atomic mass is 16.5. The summed E-state index contributed by atoms with van der Waals surface area (Å²) in [6.07, 6.45) is 6.67. The van der Waals surface area contributed by atoms with Crippen LogP contribution in [0.25, 0.3) is 0 Å². The first-order valence-corrected chi connectivity index (χ1v) is 13.1. The maximum absolute atomic E-state index is 13.7. The van der Waals surface area contributed by atoms with Gasteiger partial charge in [-0.05, 0) is 31.5 Å². The van der Waals surface area contributed by atoms with Gasteiger partial charge < -0.3 is 9.22 Å². The van der Waals surface area contributed by atoms with Crippen LogP contribution in [0.4, 0.5) is 0 Å². The number of Topliss-reactive ketones (excluding diaryl/α,β-unsaturated/α-hetero) is 1. The number of carbonyl (C=O) groups excluding carboxylic acids is 2. The number of hydrogen-bond acceptors (Lipinski definition) is 4. The lowest BCUT2D eigenvalue weighted by Gasteiger charge is -2.51. The van der Waals surface area contributed by atoms with E-state index in [-0.39, 0.29) is 23.9 Å². The van der Waals surface area contributed by atoms with Crippen LogP contribution in [0.1, 0.15) is 60.5 Å². The Morgan fingerprint density at radius 3 is 2.15 bits per heavy atom. The Kier molecular flexibility index (Phi) is 7.12. The monoisotopic (exact) mass is 461 g/mol. The van der Waals surface area contributed by atoms with Gasteiger partial charge >= 0.3 is 5.97 Å². The number of nitrogens with zero attached hydrogens (tertiary/aromatic N) is 2. The van der Waals surface area contributed by atoms with Crippen molar-refractivity contribution in [2.75, 3.05) is 39.3 Å². The van der Waals surface area contributed by atoms with E-state index in [1.165, 1.54) is 12.8 Å². The lowest BCUT2D eigenvalue weighted by molar-refractivity contribution is -0.938. The van der Waals surface area contributed by atoms with Gasteiger partial charge in [-0.1, -0.05) is 73.5 Å². The van der Waals surface area contributed by atoms with Crippen molar-refractivity contribution in [2.24, 2.45) is 5.92 Å². The van der Waals surface area contributed by atoms with Gasteiger partial charge in [0.1, 0.15) is 19.1 Å². The van der Waals surface area contributed by atoms with E-state index < -0.39 is 0 Å². The molecule has 0 aliphatic carbocycles. The number of likely N-dealkylation sites (tertiary alicyclic amines) is 1. The van der Waals surface area contributed by atoms with Gasteiger partial charge in [0.2, 0.25) is 5.78 Å². The van der Waals surface area contributed by atoms with Gasteiger partial charge in [0.25, 0.3) is 0 Å². The molecule has 4 aliphatic heterocycles. The van der Waals surface area contributed by atoms with E-state index >= 15 is 0 Å². The fraction of sp³-hybridized carbons (Fsp3) is 0.517. The van der Waals surface area contributed by atoms with Gasteiger partial charge in [0, 0.05) is 24.3 Å². The van der Waals surface area contributed by atoms with E-state index in [1.54, 1.807) is 0 Å². The third-order valence-electron chi connectivity index (χ3n) is 8.23. The molecule has 2 aromatic carbocycles. The second-order valence-corrected chi connectivity index (χ2v) is 10.5. The van der Waals surface area contributed by atoms with Crippen LogP contribution in [0.5, 0.6) is 0 Å². The highest BCUT2D eigenvalue weighted by Crippen LogP contribution is 2.37. The molecule has 5 nitrogen and oxygen atoms in total. The zero-order valence-corrected chi connectivity index (χ0v) is 20.1. The molecule has 4 saturated heterocycles. The van der Waals surface area contributed by atoms with Gasteiger partial charge in [-0.3, -0.25) is 9.69 Å². The molecule has 0 N–H and O–H groups in total. The zero-order chi connectivity index (χ0) is 23.4. The van der Waals surface area contributed by atoms with Crippen molar-refractivity contribution < 1.29 is 18.8 Å². The second kappa shape index (κ2) is 10.4. The molecule has 1 unspecified atom stereocenters. The Morgan fingerprint density at radius 2 is 1.50 bits per heavy atom. The first-order chi connectivity index (χ1) is 16.6. The zero-order valence-electron chi connectivity index (χ0n) is 20.1. The van der Waals surface area contributed by atoms with Crippen molar-refractivity contribution in [3.8, 4) is 0 Å². The van der Waals surface area contributed by atoms with Crippen molar-refractivity contribution in [2.45, 2.75) is 50.7 Å². The van der Waals surface area contributed by atoms with E-state index in [4.69, 9.17) is 4.74 Å². The number of ether oxygens (including phenoxy) is 1. The molecule has 4 aliphatic rings. The van der Waals surface area contributed by atoms with E-state index in [9.17, 15) is 9.59 Å². The Hall–Kier alpha value is -2.50. The molecule has 0 aromatic heterocycles. The lowest BCUT2D eigenvalue weighted by atomic mass is 9.82. The molecule has 180 valence electrons. The third-order valence-corrected chi connectivity index (χ3v) is 8.23. The summed E-state index contributed by atoms with van der Waals surface area (Å²) >= 11 is 0. The molecule has 4 fully saturated rings. The van der Waals surface area contributed by atoms with Crippen LogP contribution >= 0.6 is 0 Å². The van der Waals surface area contributed by atoms with Gasteiger partial charge in [0.05, 0.1) is 13.1 Å². The first kappa shape index (κ1) is 23.3. The van der Waals surface area contributed by atoms with Crippen LogP contribution in [0.2, 0.25) is 0 Å². The van der Waals surface area contributed by atoms with Gasteiger partial charge in [-0.15, -0.1) is 0 Å². The molecule has 2 atom stereocenters. The molecular formula is C29H37N2O3+. The number of rotatable bonds is 7. The van der Waals surface area contributed by atoms with Gasteiger partial charge in [-0.2, -0.15) is 0 Å². The van der Waals surface area contributed by atoms with Crippen LogP contribution < -0.4 is 0 Å². The molecular weight excluding hydrogens is 424 g/mol. The quantitative estimate of drug-likeness (QED) is 0.342. The fourth-order valence-corrected chi connectivity index (χ4v) is 6.30. The molecule has 34 heavy (non-hydrogen) atoms. The second-order valence-electron chi connectivity index (χ2n) is 10.5. The molecule has 0 saturated carbocycles. The molecule has 0 radical (unpaired) electrons. The Labute approximate surface area is 203 Å². The largest absolute Gasteiger partial charge is 0.455 e. The predicted octanol–water partition coefficient (Wildman–Crippen LogP) is 4.64. The summed E-state index contributed by atoms with van der Waals surface area (Å²) < 4.78 is 7.09. The van der Waals surface area contributed by atoms with Gasteiger partial charge in [0.15, 0.2) is 6.10 Å². The molecule has 2 aromatic rings. The summed E-state index contributed by atoms with van der Waals surface area (Å²) in [4.78, 5) is 29.1. The Bertz CT molecular complexity index is 961. The predicted molar refractivity (Wildman–Crippen MR) is 132 cm³/mol. The summed E-state index contributed by atoms with van der Waals surface area (Å²) in [5.41, 5.74) is 1.81. The Morgan fingerprint density at radius 1 is 0.882 bits per heavy atom. The van der Waals surface area contributed by atoms with Crippen LogP contribution in [-0.4, -0.2) is 66.5 Å². The maximum atomic E-state index is 13.7. The smallest absolute Gasteiger partial charge is 0.328 e. The van der Waals surface area contributed by atoms with Crippen molar-refractivity contribution in [3.05, 3.63) is 71.8 Å². The average molecular weight is 462 g/mol. The number of ketones is 1. The minimum atomic E-state index is -0.339. The number of carbonyl (C=O) groups is 2. The molecule has 0 spiro atoms. The van der Waals surface area contributed by atoms with Gasteiger partial charge in [-0.25, -0.2) is 4.79 Å². The summed E-state index contributed by atoms with van der Waals surface area (Å²) in [6.45, 7) is 5.15. The van der Waals surface area contributed by atoms with Crippen molar-refractivity contribution >= 4 is 11.8 Å². The van der Waals surface area contributed by atoms with Crippen molar-refractivity contribution in [1.82, 2.24) is 4.90 Å². The summed E-state index contributed by atoms with van der Waals surface area (Å²) in [7, 11) is 0.